The Morgan fingerprint density at radius 2 is 1.78 bits per heavy atom. The predicted octanol–water partition coefficient (Wildman–Crippen LogP) is 4.26. The van der Waals surface area contributed by atoms with E-state index in [0.29, 0.717) is 0 Å². The van der Waals surface area contributed by atoms with E-state index in [4.69, 9.17) is 0 Å². The van der Waals surface area contributed by atoms with Crippen molar-refractivity contribution in [2.75, 3.05) is 5.32 Å². The first kappa shape index (κ1) is 25.9. The Morgan fingerprint density at radius 1 is 1.08 bits per heavy atom. The first-order valence-corrected chi connectivity index (χ1v) is 10.9. The Bertz CT molecular complexity index is 1570. The number of hydrogen-bond donors (Lipinski definition) is 2. The number of aromatic nitrogens is 5. The number of pyridine rings is 1. The molecule has 0 saturated carbocycles. The Kier molecular flexibility index (Phi) is 7.01. The molecule has 2 N–H and O–H groups in total. The number of nitrogens with one attached hydrogen (secondary N) is 2. The molecule has 0 aliphatic heterocycles. The van der Waals surface area contributed by atoms with Gasteiger partial charge in [-0.15, -0.1) is 0 Å². The van der Waals surface area contributed by atoms with Crippen molar-refractivity contribution in [2.45, 2.75) is 38.5 Å². The van der Waals surface area contributed by atoms with E-state index in [2.05, 4.69) is 20.4 Å². The molecule has 14 heteroatoms. The molecule has 0 radical (unpaired) electrons. The molecule has 1 unspecified atom stereocenters. The Labute approximate surface area is 204 Å². The summed E-state index contributed by atoms with van der Waals surface area (Å²) < 4.78 is 83.4. The summed E-state index contributed by atoms with van der Waals surface area (Å²) in [6.45, 7) is 1.64. The Morgan fingerprint density at radius 3 is 2.46 bits per heavy atom. The summed E-state index contributed by atoms with van der Waals surface area (Å²) in [6.07, 6.45) is -0.509. The second-order valence-electron chi connectivity index (χ2n) is 8.23. The van der Waals surface area contributed by atoms with Gasteiger partial charge in [-0.05, 0) is 37.3 Å². The fourth-order valence-electron chi connectivity index (χ4n) is 3.86. The Balaban J connectivity index is 1.51. The van der Waals surface area contributed by atoms with Crippen molar-refractivity contribution in [3.8, 4) is 11.4 Å². The number of halogens is 6. The molecule has 3 heterocycles. The average molecular weight is 524 g/mol. The van der Waals surface area contributed by atoms with Crippen LogP contribution in [0.5, 0.6) is 0 Å². The summed E-state index contributed by atoms with van der Waals surface area (Å²) in [7, 11) is 0. The molecule has 4 rings (SSSR count). The summed E-state index contributed by atoms with van der Waals surface area (Å²) in [5.74, 6) is -3.78. The molecule has 3 aromatic heterocycles. The molecule has 0 aliphatic carbocycles. The molecule has 1 atom stereocenters. The van der Waals surface area contributed by atoms with Crippen molar-refractivity contribution in [3.05, 3.63) is 80.6 Å². The number of rotatable bonds is 7. The average Bonchev–Trinajstić information content (AvgIpc) is 2.82. The monoisotopic (exact) mass is 524 g/mol. The number of H-pyrrole nitrogens is 1. The van der Waals surface area contributed by atoms with Crippen LogP contribution in [-0.4, -0.2) is 30.8 Å². The predicted molar refractivity (Wildman–Crippen MR) is 121 cm³/mol. The molecule has 0 fully saturated rings. The molecule has 0 bridgehead atoms. The molecule has 0 aliphatic rings. The van der Waals surface area contributed by atoms with E-state index in [1.54, 1.807) is 12.0 Å². The zero-order valence-electron chi connectivity index (χ0n) is 19.0. The van der Waals surface area contributed by atoms with Crippen molar-refractivity contribution in [1.82, 2.24) is 24.7 Å². The standard InChI is InChI=1S/C23H18F6N6O2/c1-11(33-15-10-32-34-21(36)17(15)23(27,28)29)3-2-5-35-6-4-12-7-14(20-30-8-13(24)9-31-20)18(25)19(26)16(12)22(35)37/h4,6-11H,2-3,5H2,1H3,(H2,33,34,36). The number of aromatic amines is 1. The van der Waals surface area contributed by atoms with Gasteiger partial charge in [0.1, 0.15) is 5.56 Å². The van der Waals surface area contributed by atoms with Gasteiger partial charge in [-0.3, -0.25) is 9.59 Å². The van der Waals surface area contributed by atoms with Gasteiger partial charge < -0.3 is 9.88 Å². The molecule has 1 aromatic carbocycles. The zero-order valence-corrected chi connectivity index (χ0v) is 19.0. The third-order valence-corrected chi connectivity index (χ3v) is 5.58. The minimum Gasteiger partial charge on any atom is -0.381 e. The van der Waals surface area contributed by atoms with Crippen molar-refractivity contribution >= 4 is 16.5 Å². The zero-order chi connectivity index (χ0) is 26.9. The SMILES string of the molecule is CC(CCCn1ccc2cc(-c3ncc(F)cn3)c(F)c(F)c2c1=O)Nc1cn[nH]c(=O)c1C(F)(F)F. The number of nitrogens with zero attached hydrogens (tertiary/aromatic N) is 4. The van der Waals surface area contributed by atoms with Gasteiger partial charge in [0.05, 0.1) is 35.2 Å². The fourth-order valence-corrected chi connectivity index (χ4v) is 3.86. The van der Waals surface area contributed by atoms with Crippen LogP contribution < -0.4 is 16.4 Å². The van der Waals surface area contributed by atoms with Crippen LogP contribution >= 0.6 is 0 Å². The van der Waals surface area contributed by atoms with Crippen LogP contribution in [0.4, 0.5) is 32.0 Å². The highest BCUT2D eigenvalue weighted by Gasteiger charge is 2.37. The minimum atomic E-state index is -4.89. The topological polar surface area (TPSA) is 106 Å². The van der Waals surface area contributed by atoms with E-state index >= 15 is 0 Å². The Hall–Kier alpha value is -4.23. The van der Waals surface area contributed by atoms with E-state index in [9.17, 15) is 35.9 Å². The summed E-state index contributed by atoms with van der Waals surface area (Å²) >= 11 is 0. The van der Waals surface area contributed by atoms with Gasteiger partial charge in [0.2, 0.25) is 0 Å². The second-order valence-corrected chi connectivity index (χ2v) is 8.23. The van der Waals surface area contributed by atoms with Crippen LogP contribution in [-0.2, 0) is 12.7 Å². The van der Waals surface area contributed by atoms with E-state index in [0.717, 1.165) is 23.2 Å². The van der Waals surface area contributed by atoms with Crippen LogP contribution in [0.1, 0.15) is 25.3 Å². The number of anilines is 1. The first-order chi connectivity index (χ1) is 17.5. The van der Waals surface area contributed by atoms with Gasteiger partial charge in [-0.1, -0.05) is 0 Å². The van der Waals surface area contributed by atoms with Crippen LogP contribution in [0.3, 0.4) is 0 Å². The largest absolute Gasteiger partial charge is 0.423 e. The van der Waals surface area contributed by atoms with Gasteiger partial charge in [-0.25, -0.2) is 28.2 Å². The molecule has 0 spiro atoms. The van der Waals surface area contributed by atoms with Crippen LogP contribution in [0.15, 0.2) is 46.5 Å². The lowest BCUT2D eigenvalue weighted by Gasteiger charge is -2.18. The van der Waals surface area contributed by atoms with Crippen LogP contribution in [0.25, 0.3) is 22.2 Å². The lowest BCUT2D eigenvalue weighted by atomic mass is 10.1. The molecule has 37 heavy (non-hydrogen) atoms. The van der Waals surface area contributed by atoms with Crippen LogP contribution in [0.2, 0.25) is 0 Å². The highest BCUT2D eigenvalue weighted by atomic mass is 19.4. The lowest BCUT2D eigenvalue weighted by Crippen LogP contribution is -2.27. The van der Waals surface area contributed by atoms with Crippen molar-refractivity contribution in [1.29, 1.82) is 0 Å². The molecule has 8 nitrogen and oxygen atoms in total. The van der Waals surface area contributed by atoms with Crippen molar-refractivity contribution in [3.63, 3.8) is 0 Å². The van der Waals surface area contributed by atoms with E-state index in [-0.39, 0.29) is 36.2 Å². The first-order valence-electron chi connectivity index (χ1n) is 10.9. The summed E-state index contributed by atoms with van der Waals surface area (Å²) in [5.41, 5.74) is -4.40. The third kappa shape index (κ3) is 5.32. The third-order valence-electron chi connectivity index (χ3n) is 5.58. The fraction of sp³-hybridized carbons (Fsp3) is 0.261. The molecule has 0 saturated heterocycles. The normalized spacial score (nSPS) is 12.6. The highest BCUT2D eigenvalue weighted by molar-refractivity contribution is 5.86. The van der Waals surface area contributed by atoms with E-state index in [1.165, 1.54) is 18.3 Å². The molecule has 0 amide bonds. The molecular weight excluding hydrogens is 506 g/mol. The van der Waals surface area contributed by atoms with E-state index in [1.807, 2.05) is 0 Å². The van der Waals surface area contributed by atoms with Gasteiger partial charge in [0.25, 0.3) is 11.1 Å². The van der Waals surface area contributed by atoms with E-state index < -0.39 is 57.4 Å². The quantitative estimate of drug-likeness (QED) is 0.350. The molecular formula is C23H18F6N6O2. The number of hydrogen-bond acceptors (Lipinski definition) is 6. The number of alkyl halides is 3. The summed E-state index contributed by atoms with van der Waals surface area (Å²) in [6, 6.07) is 2.03. The van der Waals surface area contributed by atoms with Crippen molar-refractivity contribution in [2.24, 2.45) is 0 Å². The molecule has 4 aromatic rings. The summed E-state index contributed by atoms with van der Waals surface area (Å²) in [5, 5.41) is 7.31. The molecule has 194 valence electrons. The maximum atomic E-state index is 14.9. The van der Waals surface area contributed by atoms with Crippen LogP contribution in [0, 0.1) is 17.5 Å². The smallest absolute Gasteiger partial charge is 0.381 e. The van der Waals surface area contributed by atoms with Gasteiger partial charge >= 0.3 is 6.18 Å². The van der Waals surface area contributed by atoms with Gasteiger partial charge in [0, 0.05) is 18.8 Å². The second kappa shape index (κ2) is 10.0. The number of aryl methyl sites for hydroxylation is 1. The van der Waals surface area contributed by atoms with Crippen molar-refractivity contribution < 1.29 is 26.3 Å². The highest BCUT2D eigenvalue weighted by Crippen LogP contribution is 2.32. The van der Waals surface area contributed by atoms with Gasteiger partial charge in [0.15, 0.2) is 23.3 Å². The maximum absolute atomic E-state index is 14.9. The van der Waals surface area contributed by atoms with Gasteiger partial charge in [-0.2, -0.15) is 18.3 Å². The minimum absolute atomic E-state index is 0.0599. The summed E-state index contributed by atoms with van der Waals surface area (Å²) in [4.78, 5) is 31.7. The number of benzene rings is 1. The lowest BCUT2D eigenvalue weighted by molar-refractivity contribution is -0.138. The number of fused-ring (bicyclic) bond motifs is 1. The maximum Gasteiger partial charge on any atom is 0.423 e.